The SMILES string of the molecule is CCN(c1nccc(Nc2cc(C)ccc2C)n1)C1CCS(=O)(=O)C1. The van der Waals surface area contributed by atoms with Gasteiger partial charge in [-0.2, -0.15) is 4.98 Å². The van der Waals surface area contributed by atoms with Crippen molar-refractivity contribution in [2.45, 2.75) is 33.2 Å². The lowest BCUT2D eigenvalue weighted by Crippen LogP contribution is -2.37. The third-order valence-electron chi connectivity index (χ3n) is 4.55. The molecule has 2 heterocycles. The molecule has 6 nitrogen and oxygen atoms in total. The number of nitrogens with zero attached hydrogens (tertiary/aromatic N) is 3. The zero-order valence-corrected chi connectivity index (χ0v) is 15.7. The van der Waals surface area contributed by atoms with Crippen LogP contribution in [0.3, 0.4) is 0 Å². The largest absolute Gasteiger partial charge is 0.340 e. The second kappa shape index (κ2) is 7.00. The summed E-state index contributed by atoms with van der Waals surface area (Å²) in [6.07, 6.45) is 2.34. The molecule has 134 valence electrons. The number of aryl methyl sites for hydroxylation is 2. The van der Waals surface area contributed by atoms with E-state index < -0.39 is 9.84 Å². The van der Waals surface area contributed by atoms with Crippen molar-refractivity contribution in [1.29, 1.82) is 0 Å². The van der Waals surface area contributed by atoms with Crippen molar-refractivity contribution >= 4 is 27.3 Å². The van der Waals surface area contributed by atoms with Crippen molar-refractivity contribution in [1.82, 2.24) is 9.97 Å². The molecule has 0 saturated carbocycles. The molecule has 1 aromatic heterocycles. The van der Waals surface area contributed by atoms with Gasteiger partial charge in [0.15, 0.2) is 9.84 Å². The lowest BCUT2D eigenvalue weighted by atomic mass is 10.1. The first kappa shape index (κ1) is 17.7. The molecule has 7 heteroatoms. The topological polar surface area (TPSA) is 75.2 Å². The van der Waals surface area contributed by atoms with Gasteiger partial charge in [0.25, 0.3) is 0 Å². The molecule has 0 radical (unpaired) electrons. The van der Waals surface area contributed by atoms with Gasteiger partial charge in [0.2, 0.25) is 5.95 Å². The highest BCUT2D eigenvalue weighted by Gasteiger charge is 2.32. The Bertz CT molecular complexity index is 867. The van der Waals surface area contributed by atoms with Crippen molar-refractivity contribution in [2.24, 2.45) is 0 Å². The fourth-order valence-electron chi connectivity index (χ4n) is 3.15. The van der Waals surface area contributed by atoms with Gasteiger partial charge in [0.05, 0.1) is 11.5 Å². The van der Waals surface area contributed by atoms with E-state index in [1.54, 1.807) is 6.20 Å². The van der Waals surface area contributed by atoms with Gasteiger partial charge in [-0.1, -0.05) is 12.1 Å². The molecule has 0 spiro atoms. The van der Waals surface area contributed by atoms with Crippen molar-refractivity contribution in [3.05, 3.63) is 41.6 Å². The summed E-state index contributed by atoms with van der Waals surface area (Å²) in [7, 11) is -2.94. The fourth-order valence-corrected chi connectivity index (χ4v) is 4.88. The molecule has 1 N–H and O–H groups in total. The molecule has 1 fully saturated rings. The van der Waals surface area contributed by atoms with Crippen LogP contribution >= 0.6 is 0 Å². The lowest BCUT2D eigenvalue weighted by molar-refractivity contribution is 0.599. The van der Waals surface area contributed by atoms with Gasteiger partial charge in [0.1, 0.15) is 5.82 Å². The minimum absolute atomic E-state index is 0.0500. The summed E-state index contributed by atoms with van der Waals surface area (Å²) in [5.41, 5.74) is 3.32. The summed E-state index contributed by atoms with van der Waals surface area (Å²) < 4.78 is 23.6. The standard InChI is InChI=1S/C18H24N4O2S/c1-4-22(15-8-10-25(23,24)12-15)18-19-9-7-17(21-18)20-16-11-13(2)5-6-14(16)3/h5-7,9,11,15H,4,8,10,12H2,1-3H3,(H,19,20,21). The van der Waals surface area contributed by atoms with Crippen LogP contribution in [0.2, 0.25) is 0 Å². The van der Waals surface area contributed by atoms with Crippen LogP contribution in [0.25, 0.3) is 0 Å². The molecule has 1 saturated heterocycles. The average Bonchev–Trinajstić information content (AvgIpc) is 2.92. The van der Waals surface area contributed by atoms with Gasteiger partial charge in [-0.15, -0.1) is 0 Å². The first-order chi connectivity index (χ1) is 11.9. The van der Waals surface area contributed by atoms with E-state index in [2.05, 4.69) is 40.4 Å². The Morgan fingerprint density at radius 2 is 2.08 bits per heavy atom. The maximum absolute atomic E-state index is 11.8. The van der Waals surface area contributed by atoms with E-state index in [4.69, 9.17) is 0 Å². The number of rotatable bonds is 5. The summed E-state index contributed by atoms with van der Waals surface area (Å²) in [6, 6.07) is 8.00. The highest BCUT2D eigenvalue weighted by molar-refractivity contribution is 7.91. The second-order valence-electron chi connectivity index (χ2n) is 6.53. The molecule has 0 amide bonds. The van der Waals surface area contributed by atoms with Gasteiger partial charge < -0.3 is 10.2 Å². The van der Waals surface area contributed by atoms with E-state index in [0.29, 0.717) is 24.7 Å². The van der Waals surface area contributed by atoms with Crippen molar-refractivity contribution in [3.63, 3.8) is 0 Å². The van der Waals surface area contributed by atoms with Crippen LogP contribution in [0.15, 0.2) is 30.5 Å². The van der Waals surface area contributed by atoms with E-state index in [-0.39, 0.29) is 17.5 Å². The smallest absolute Gasteiger partial charge is 0.227 e. The number of nitrogens with one attached hydrogen (secondary N) is 1. The van der Waals surface area contributed by atoms with E-state index in [9.17, 15) is 8.42 Å². The number of aromatic nitrogens is 2. The van der Waals surface area contributed by atoms with E-state index >= 15 is 0 Å². The number of hydrogen-bond donors (Lipinski definition) is 1. The van der Waals surface area contributed by atoms with Gasteiger partial charge in [0, 0.05) is 24.5 Å². The quantitative estimate of drug-likeness (QED) is 0.884. The van der Waals surface area contributed by atoms with Gasteiger partial charge >= 0.3 is 0 Å². The Morgan fingerprint density at radius 1 is 1.28 bits per heavy atom. The summed E-state index contributed by atoms with van der Waals surface area (Å²) >= 11 is 0. The molecule has 1 unspecified atom stereocenters. The minimum Gasteiger partial charge on any atom is -0.340 e. The van der Waals surface area contributed by atoms with Crippen molar-refractivity contribution in [2.75, 3.05) is 28.3 Å². The molecule has 1 aromatic carbocycles. The Kier molecular flexibility index (Phi) is 4.94. The Labute approximate surface area is 149 Å². The Balaban J connectivity index is 1.84. The summed E-state index contributed by atoms with van der Waals surface area (Å²) in [4.78, 5) is 11.0. The second-order valence-corrected chi connectivity index (χ2v) is 8.76. The summed E-state index contributed by atoms with van der Waals surface area (Å²) in [5, 5.41) is 3.34. The molecule has 0 bridgehead atoms. The van der Waals surface area contributed by atoms with Crippen LogP contribution in [0.4, 0.5) is 17.5 Å². The molecular weight excluding hydrogens is 336 g/mol. The third-order valence-corrected chi connectivity index (χ3v) is 6.30. The van der Waals surface area contributed by atoms with Crippen LogP contribution in [-0.4, -0.2) is 42.5 Å². The Morgan fingerprint density at radius 3 is 2.76 bits per heavy atom. The molecule has 1 aliphatic heterocycles. The maximum Gasteiger partial charge on any atom is 0.227 e. The molecule has 0 aliphatic carbocycles. The lowest BCUT2D eigenvalue weighted by Gasteiger charge is -2.27. The first-order valence-corrected chi connectivity index (χ1v) is 10.3. The minimum atomic E-state index is -2.94. The van der Waals surface area contributed by atoms with Crippen molar-refractivity contribution in [3.8, 4) is 0 Å². The highest BCUT2D eigenvalue weighted by atomic mass is 32.2. The number of sulfone groups is 1. The third kappa shape index (κ3) is 4.10. The predicted molar refractivity (Wildman–Crippen MR) is 101 cm³/mol. The van der Waals surface area contributed by atoms with Gasteiger partial charge in [-0.05, 0) is 50.5 Å². The summed E-state index contributed by atoms with van der Waals surface area (Å²) in [6.45, 7) is 6.77. The highest BCUT2D eigenvalue weighted by Crippen LogP contribution is 2.24. The Hall–Kier alpha value is -2.15. The van der Waals surface area contributed by atoms with E-state index in [1.807, 2.05) is 24.8 Å². The zero-order valence-electron chi connectivity index (χ0n) is 14.9. The molecule has 3 rings (SSSR count). The van der Waals surface area contributed by atoms with E-state index in [0.717, 1.165) is 11.3 Å². The van der Waals surface area contributed by atoms with E-state index in [1.165, 1.54) is 5.56 Å². The summed E-state index contributed by atoms with van der Waals surface area (Å²) in [5.74, 6) is 1.70. The molecule has 1 aliphatic rings. The predicted octanol–water partition coefficient (Wildman–Crippen LogP) is 2.85. The molecule has 1 atom stereocenters. The molecule has 2 aromatic rings. The average molecular weight is 360 g/mol. The number of hydrogen-bond acceptors (Lipinski definition) is 6. The van der Waals surface area contributed by atoms with Crippen LogP contribution < -0.4 is 10.2 Å². The monoisotopic (exact) mass is 360 g/mol. The van der Waals surface area contributed by atoms with Crippen molar-refractivity contribution < 1.29 is 8.42 Å². The molecular formula is C18H24N4O2S. The van der Waals surface area contributed by atoms with Gasteiger partial charge in [-0.3, -0.25) is 0 Å². The van der Waals surface area contributed by atoms with Gasteiger partial charge in [-0.25, -0.2) is 13.4 Å². The maximum atomic E-state index is 11.8. The fraction of sp³-hybridized carbons (Fsp3) is 0.444. The number of anilines is 3. The van der Waals surface area contributed by atoms with Crippen LogP contribution in [-0.2, 0) is 9.84 Å². The first-order valence-electron chi connectivity index (χ1n) is 8.52. The molecule has 25 heavy (non-hydrogen) atoms. The van der Waals surface area contributed by atoms with Crippen LogP contribution in [0.5, 0.6) is 0 Å². The van der Waals surface area contributed by atoms with Crippen LogP contribution in [0, 0.1) is 13.8 Å². The normalized spacial score (nSPS) is 18.9. The van der Waals surface area contributed by atoms with Crippen LogP contribution in [0.1, 0.15) is 24.5 Å². The number of benzene rings is 1. The zero-order chi connectivity index (χ0) is 18.0.